The Morgan fingerprint density at radius 2 is 1.94 bits per heavy atom. The molecule has 2 amide bonds. The second kappa shape index (κ2) is 10.2. The van der Waals surface area contributed by atoms with Crippen LogP contribution in [-0.2, 0) is 16.0 Å². The zero-order chi connectivity index (χ0) is 23.5. The Kier molecular flexibility index (Phi) is 7.86. The standard InChI is InChI=1S/C26H40N2O4/c1-7-19-16-23-22(27(14-11-15-31-6)25(30)26(4,5)32-23)17-21(19)24(29)28(18(2)3)20-12-9-8-10-13-20/h16-18,20H,7-15H2,1-6H3. The monoisotopic (exact) mass is 444 g/mol. The fourth-order valence-electron chi connectivity index (χ4n) is 5.06. The minimum Gasteiger partial charge on any atom is -0.476 e. The van der Waals surface area contributed by atoms with Gasteiger partial charge in [-0.1, -0.05) is 26.2 Å². The van der Waals surface area contributed by atoms with Gasteiger partial charge < -0.3 is 19.3 Å². The number of amides is 2. The highest BCUT2D eigenvalue weighted by Crippen LogP contribution is 2.41. The van der Waals surface area contributed by atoms with Crippen LogP contribution in [0, 0.1) is 0 Å². The molecule has 2 aliphatic rings. The highest BCUT2D eigenvalue weighted by Gasteiger charge is 2.41. The zero-order valence-corrected chi connectivity index (χ0v) is 20.7. The molecule has 0 aromatic heterocycles. The Balaban J connectivity index is 2.03. The van der Waals surface area contributed by atoms with E-state index in [1.54, 1.807) is 25.9 Å². The van der Waals surface area contributed by atoms with Gasteiger partial charge in [0, 0.05) is 37.9 Å². The van der Waals surface area contributed by atoms with Crippen LogP contribution in [0.1, 0.15) is 89.1 Å². The quantitative estimate of drug-likeness (QED) is 0.531. The Morgan fingerprint density at radius 3 is 2.53 bits per heavy atom. The van der Waals surface area contributed by atoms with Crippen LogP contribution in [0.15, 0.2) is 12.1 Å². The van der Waals surface area contributed by atoms with Crippen LogP contribution in [0.5, 0.6) is 5.75 Å². The first-order valence-electron chi connectivity index (χ1n) is 12.2. The molecule has 0 spiro atoms. The summed E-state index contributed by atoms with van der Waals surface area (Å²) in [6.45, 7) is 11.0. The van der Waals surface area contributed by atoms with Crippen LogP contribution in [-0.4, -0.2) is 54.7 Å². The topological polar surface area (TPSA) is 59.1 Å². The van der Waals surface area contributed by atoms with E-state index in [9.17, 15) is 9.59 Å². The second-order valence-electron chi connectivity index (χ2n) is 9.84. The number of hydrogen-bond donors (Lipinski definition) is 0. The maximum absolute atomic E-state index is 13.9. The van der Waals surface area contributed by atoms with E-state index in [4.69, 9.17) is 9.47 Å². The molecule has 6 heteroatoms. The van der Waals surface area contributed by atoms with Crippen LogP contribution >= 0.6 is 0 Å². The van der Waals surface area contributed by atoms with Crippen LogP contribution < -0.4 is 9.64 Å². The van der Waals surface area contributed by atoms with Gasteiger partial charge in [-0.2, -0.15) is 0 Å². The number of nitrogens with zero attached hydrogens (tertiary/aromatic N) is 2. The minimum absolute atomic E-state index is 0.0701. The molecule has 1 heterocycles. The normalized spacial score (nSPS) is 18.5. The highest BCUT2D eigenvalue weighted by atomic mass is 16.5. The number of aryl methyl sites for hydroxylation is 1. The van der Waals surface area contributed by atoms with Crippen molar-refractivity contribution in [3.8, 4) is 5.75 Å². The number of benzene rings is 1. The largest absolute Gasteiger partial charge is 0.476 e. The lowest BCUT2D eigenvalue weighted by atomic mass is 9.91. The van der Waals surface area contributed by atoms with Crippen LogP contribution in [0.4, 0.5) is 5.69 Å². The Bertz CT molecular complexity index is 827. The number of fused-ring (bicyclic) bond motifs is 1. The van der Waals surface area contributed by atoms with Crippen LogP contribution in [0.3, 0.4) is 0 Å². The van der Waals surface area contributed by atoms with Gasteiger partial charge in [-0.3, -0.25) is 9.59 Å². The third kappa shape index (κ3) is 4.95. The number of rotatable bonds is 8. The van der Waals surface area contributed by atoms with E-state index < -0.39 is 5.60 Å². The molecule has 32 heavy (non-hydrogen) atoms. The molecule has 1 saturated carbocycles. The molecule has 6 nitrogen and oxygen atoms in total. The van der Waals surface area contributed by atoms with Crippen molar-refractivity contribution in [3.63, 3.8) is 0 Å². The Hall–Kier alpha value is -2.08. The molecule has 0 unspecified atom stereocenters. The van der Waals surface area contributed by atoms with Gasteiger partial charge in [-0.15, -0.1) is 0 Å². The number of anilines is 1. The summed E-state index contributed by atoms with van der Waals surface area (Å²) in [5.41, 5.74) is 1.41. The smallest absolute Gasteiger partial charge is 0.270 e. The van der Waals surface area contributed by atoms with Crippen LogP contribution in [0.25, 0.3) is 0 Å². The molecule has 1 aliphatic carbocycles. The van der Waals surface area contributed by atoms with Crippen LogP contribution in [0.2, 0.25) is 0 Å². The van der Waals surface area contributed by atoms with Crippen molar-refractivity contribution in [1.82, 2.24) is 4.90 Å². The van der Waals surface area contributed by atoms with E-state index in [1.165, 1.54) is 19.3 Å². The van der Waals surface area contributed by atoms with Gasteiger partial charge in [0.2, 0.25) is 0 Å². The van der Waals surface area contributed by atoms with E-state index >= 15 is 0 Å². The minimum atomic E-state index is -0.942. The molecule has 1 aromatic carbocycles. The van der Waals surface area contributed by atoms with E-state index in [0.29, 0.717) is 30.2 Å². The molecule has 1 aromatic rings. The highest BCUT2D eigenvalue weighted by molar-refractivity contribution is 6.05. The molecule has 178 valence electrons. The van der Waals surface area contributed by atoms with Crippen molar-refractivity contribution in [2.75, 3.05) is 25.2 Å². The predicted octanol–water partition coefficient (Wildman–Crippen LogP) is 4.97. The van der Waals surface area contributed by atoms with E-state index in [1.807, 2.05) is 12.1 Å². The molecule has 1 fully saturated rings. The Labute approximate surface area is 193 Å². The molecule has 0 bridgehead atoms. The van der Waals surface area contributed by atoms with Crippen molar-refractivity contribution in [1.29, 1.82) is 0 Å². The molecule has 0 radical (unpaired) electrons. The number of carbonyl (C=O) groups excluding carboxylic acids is 2. The first kappa shape index (κ1) is 24.6. The maximum atomic E-state index is 13.9. The van der Waals surface area contributed by atoms with Crippen molar-refractivity contribution >= 4 is 17.5 Å². The lowest BCUT2D eigenvalue weighted by Crippen LogP contribution is -2.53. The maximum Gasteiger partial charge on any atom is 0.270 e. The molecular formula is C26H40N2O4. The third-order valence-electron chi connectivity index (χ3n) is 6.70. The van der Waals surface area contributed by atoms with E-state index in [0.717, 1.165) is 31.2 Å². The summed E-state index contributed by atoms with van der Waals surface area (Å²) in [6, 6.07) is 4.28. The Morgan fingerprint density at radius 1 is 1.25 bits per heavy atom. The average molecular weight is 445 g/mol. The van der Waals surface area contributed by atoms with Gasteiger partial charge in [0.25, 0.3) is 11.8 Å². The first-order valence-corrected chi connectivity index (χ1v) is 12.2. The molecule has 0 N–H and O–H groups in total. The summed E-state index contributed by atoms with van der Waals surface area (Å²) in [7, 11) is 1.66. The van der Waals surface area contributed by atoms with E-state index in [2.05, 4.69) is 25.7 Å². The lowest BCUT2D eigenvalue weighted by molar-refractivity contribution is -0.132. The van der Waals surface area contributed by atoms with E-state index in [-0.39, 0.29) is 23.9 Å². The lowest BCUT2D eigenvalue weighted by Gasteiger charge is -2.40. The fourth-order valence-corrected chi connectivity index (χ4v) is 5.06. The number of carbonyl (C=O) groups is 2. The van der Waals surface area contributed by atoms with Gasteiger partial charge in [-0.05, 0) is 71.1 Å². The third-order valence-corrected chi connectivity index (χ3v) is 6.70. The molecule has 3 rings (SSSR count). The van der Waals surface area contributed by atoms with Gasteiger partial charge >= 0.3 is 0 Å². The van der Waals surface area contributed by atoms with Gasteiger partial charge in [0.15, 0.2) is 5.60 Å². The summed E-state index contributed by atoms with van der Waals surface area (Å²) in [4.78, 5) is 30.9. The summed E-state index contributed by atoms with van der Waals surface area (Å²) in [6.07, 6.45) is 7.18. The summed E-state index contributed by atoms with van der Waals surface area (Å²) >= 11 is 0. The van der Waals surface area contributed by atoms with Gasteiger partial charge in [-0.25, -0.2) is 0 Å². The summed E-state index contributed by atoms with van der Waals surface area (Å²) in [5, 5.41) is 0. The summed E-state index contributed by atoms with van der Waals surface area (Å²) < 4.78 is 11.3. The molecule has 0 atom stereocenters. The molecule has 0 saturated heterocycles. The number of methoxy groups -OCH3 is 1. The SMILES string of the molecule is CCc1cc2c(cc1C(=O)N(C(C)C)C1CCCCC1)N(CCCOC)C(=O)C(C)(C)O2. The predicted molar refractivity (Wildman–Crippen MR) is 128 cm³/mol. The van der Waals surface area contributed by atoms with Gasteiger partial charge in [0.1, 0.15) is 5.75 Å². The fraction of sp³-hybridized carbons (Fsp3) is 0.692. The van der Waals surface area contributed by atoms with Crippen molar-refractivity contribution < 1.29 is 19.1 Å². The number of hydrogen-bond acceptors (Lipinski definition) is 4. The van der Waals surface area contributed by atoms with Crippen molar-refractivity contribution in [2.45, 2.75) is 97.2 Å². The molecule has 1 aliphatic heterocycles. The molecular weight excluding hydrogens is 404 g/mol. The van der Waals surface area contributed by atoms with Gasteiger partial charge in [0.05, 0.1) is 5.69 Å². The second-order valence-corrected chi connectivity index (χ2v) is 9.84. The van der Waals surface area contributed by atoms with Crippen molar-refractivity contribution in [3.05, 3.63) is 23.3 Å². The zero-order valence-electron chi connectivity index (χ0n) is 20.7. The summed E-state index contributed by atoms with van der Waals surface area (Å²) in [5.74, 6) is 0.659. The first-order chi connectivity index (χ1) is 15.2. The van der Waals surface area contributed by atoms with Crippen molar-refractivity contribution in [2.24, 2.45) is 0 Å². The number of ether oxygens (including phenoxy) is 2. The average Bonchev–Trinajstić information content (AvgIpc) is 2.76.